The first-order valence-electron chi connectivity index (χ1n) is 4.80. The van der Waals surface area contributed by atoms with Gasteiger partial charge in [0.25, 0.3) is 5.56 Å². The Kier molecular flexibility index (Phi) is 3.14. The molecule has 2 heterocycles. The Bertz CT molecular complexity index is 551. The third kappa shape index (κ3) is 2.19. The monoisotopic (exact) mass is 279 g/mol. The van der Waals surface area contributed by atoms with Crippen LogP contribution >= 0.6 is 15.9 Å². The van der Waals surface area contributed by atoms with Gasteiger partial charge < -0.3 is 0 Å². The van der Waals surface area contributed by atoms with Gasteiger partial charge >= 0.3 is 0 Å². The van der Waals surface area contributed by atoms with E-state index in [2.05, 4.69) is 25.9 Å². The average Bonchev–Trinajstić information content (AvgIpc) is 2.31. The molecule has 0 spiro atoms. The van der Waals surface area contributed by atoms with E-state index in [9.17, 15) is 4.79 Å². The van der Waals surface area contributed by atoms with Gasteiger partial charge in [0.15, 0.2) is 0 Å². The number of rotatable bonds is 2. The van der Waals surface area contributed by atoms with Gasteiger partial charge in [-0.1, -0.05) is 6.07 Å². The summed E-state index contributed by atoms with van der Waals surface area (Å²) in [5, 5.41) is 0. The van der Waals surface area contributed by atoms with Crippen LogP contribution in [0.1, 0.15) is 11.4 Å². The zero-order chi connectivity index (χ0) is 11.5. The summed E-state index contributed by atoms with van der Waals surface area (Å²) >= 11 is 3.23. The fourth-order valence-corrected chi connectivity index (χ4v) is 1.66. The molecule has 0 aliphatic carbocycles. The molecule has 2 aromatic heterocycles. The summed E-state index contributed by atoms with van der Waals surface area (Å²) in [7, 11) is 0. The normalized spacial score (nSPS) is 10.4. The minimum atomic E-state index is -0.0850. The van der Waals surface area contributed by atoms with Crippen LogP contribution in [0.25, 0.3) is 0 Å². The van der Waals surface area contributed by atoms with Crippen LogP contribution in [-0.2, 0) is 6.54 Å². The van der Waals surface area contributed by atoms with Gasteiger partial charge in [0.05, 0.1) is 24.3 Å². The van der Waals surface area contributed by atoms with E-state index in [0.717, 1.165) is 5.69 Å². The largest absolute Gasteiger partial charge is 0.292 e. The van der Waals surface area contributed by atoms with Gasteiger partial charge in [-0.3, -0.25) is 14.3 Å². The van der Waals surface area contributed by atoms with Crippen molar-refractivity contribution in [3.05, 3.63) is 56.9 Å². The van der Waals surface area contributed by atoms with E-state index in [-0.39, 0.29) is 5.56 Å². The molecule has 0 bridgehead atoms. The highest BCUT2D eigenvalue weighted by molar-refractivity contribution is 9.10. The number of aromatic nitrogens is 3. The van der Waals surface area contributed by atoms with Crippen LogP contribution in [0.3, 0.4) is 0 Å². The minimum absolute atomic E-state index is 0.0850. The highest BCUT2D eigenvalue weighted by Crippen LogP contribution is 2.06. The molecule has 0 radical (unpaired) electrons. The first-order chi connectivity index (χ1) is 7.68. The SMILES string of the molecule is Cc1ncn(Cc2ccccn2)c(=O)c1Br. The van der Waals surface area contributed by atoms with E-state index in [0.29, 0.717) is 16.7 Å². The van der Waals surface area contributed by atoms with Crippen LogP contribution in [0, 0.1) is 6.92 Å². The summed E-state index contributed by atoms with van der Waals surface area (Å²) in [4.78, 5) is 20.1. The van der Waals surface area contributed by atoms with Crippen molar-refractivity contribution in [3.8, 4) is 0 Å². The molecule has 0 N–H and O–H groups in total. The topological polar surface area (TPSA) is 47.8 Å². The zero-order valence-corrected chi connectivity index (χ0v) is 10.3. The number of aryl methyl sites for hydroxylation is 1. The summed E-state index contributed by atoms with van der Waals surface area (Å²) < 4.78 is 2.03. The van der Waals surface area contributed by atoms with Gasteiger partial charge in [-0.25, -0.2) is 4.98 Å². The smallest absolute Gasteiger partial charge is 0.268 e. The second-order valence-electron chi connectivity index (χ2n) is 3.40. The molecule has 0 aliphatic heterocycles. The molecule has 0 fully saturated rings. The maximum absolute atomic E-state index is 11.8. The molecular weight excluding hydrogens is 270 g/mol. The molecule has 5 heteroatoms. The predicted molar refractivity (Wildman–Crippen MR) is 64.3 cm³/mol. The van der Waals surface area contributed by atoms with Gasteiger partial charge in [0, 0.05) is 6.20 Å². The maximum atomic E-state index is 11.8. The zero-order valence-electron chi connectivity index (χ0n) is 8.72. The Morgan fingerprint density at radius 2 is 2.19 bits per heavy atom. The maximum Gasteiger partial charge on any atom is 0.268 e. The third-order valence-electron chi connectivity index (χ3n) is 2.22. The van der Waals surface area contributed by atoms with E-state index in [1.165, 1.54) is 10.9 Å². The fraction of sp³-hybridized carbons (Fsp3) is 0.182. The molecule has 4 nitrogen and oxygen atoms in total. The highest BCUT2D eigenvalue weighted by atomic mass is 79.9. The molecule has 82 valence electrons. The van der Waals surface area contributed by atoms with Crippen molar-refractivity contribution in [1.82, 2.24) is 14.5 Å². The minimum Gasteiger partial charge on any atom is -0.292 e. The van der Waals surface area contributed by atoms with Crippen LogP contribution < -0.4 is 5.56 Å². The van der Waals surface area contributed by atoms with Crippen molar-refractivity contribution < 1.29 is 0 Å². The lowest BCUT2D eigenvalue weighted by molar-refractivity contribution is 0.708. The van der Waals surface area contributed by atoms with Crippen LogP contribution in [0.15, 0.2) is 40.0 Å². The van der Waals surface area contributed by atoms with Crippen molar-refractivity contribution in [1.29, 1.82) is 0 Å². The van der Waals surface area contributed by atoms with E-state index >= 15 is 0 Å². The number of nitrogens with zero attached hydrogens (tertiary/aromatic N) is 3. The lowest BCUT2D eigenvalue weighted by atomic mass is 10.3. The van der Waals surface area contributed by atoms with Crippen molar-refractivity contribution in [2.24, 2.45) is 0 Å². The molecule has 0 aromatic carbocycles. The summed E-state index contributed by atoms with van der Waals surface area (Å²) in [6.45, 7) is 2.22. The summed E-state index contributed by atoms with van der Waals surface area (Å²) in [5.41, 5.74) is 1.45. The van der Waals surface area contributed by atoms with Gasteiger partial charge in [-0.05, 0) is 35.0 Å². The summed E-state index contributed by atoms with van der Waals surface area (Å²) in [6, 6.07) is 5.61. The molecule has 2 rings (SSSR count). The van der Waals surface area contributed by atoms with E-state index in [1.54, 1.807) is 13.1 Å². The quantitative estimate of drug-likeness (QED) is 0.842. The van der Waals surface area contributed by atoms with Crippen LogP contribution in [-0.4, -0.2) is 14.5 Å². The molecule has 0 atom stereocenters. The summed E-state index contributed by atoms with van der Waals surface area (Å²) in [6.07, 6.45) is 3.24. The molecule has 0 aliphatic rings. The third-order valence-corrected chi connectivity index (χ3v) is 3.13. The second kappa shape index (κ2) is 4.57. The molecule has 0 saturated carbocycles. The first-order valence-corrected chi connectivity index (χ1v) is 5.59. The number of halogens is 1. The van der Waals surface area contributed by atoms with Crippen LogP contribution in [0.4, 0.5) is 0 Å². The van der Waals surface area contributed by atoms with Gasteiger partial charge in [-0.15, -0.1) is 0 Å². The number of hydrogen-bond acceptors (Lipinski definition) is 3. The van der Waals surface area contributed by atoms with Gasteiger partial charge in [-0.2, -0.15) is 0 Å². The Balaban J connectivity index is 2.37. The van der Waals surface area contributed by atoms with Crippen molar-refractivity contribution in [2.45, 2.75) is 13.5 Å². The number of pyridine rings is 1. The Labute approximate surface area is 101 Å². The van der Waals surface area contributed by atoms with Crippen LogP contribution in [0.2, 0.25) is 0 Å². The van der Waals surface area contributed by atoms with Gasteiger partial charge in [0.2, 0.25) is 0 Å². The second-order valence-corrected chi connectivity index (χ2v) is 4.19. The average molecular weight is 280 g/mol. The molecule has 0 unspecified atom stereocenters. The van der Waals surface area contributed by atoms with Crippen molar-refractivity contribution >= 4 is 15.9 Å². The lowest BCUT2D eigenvalue weighted by Gasteiger charge is -2.05. The Hall–Kier alpha value is -1.49. The molecule has 2 aromatic rings. The lowest BCUT2D eigenvalue weighted by Crippen LogP contribution is -2.23. The Morgan fingerprint density at radius 1 is 1.38 bits per heavy atom. The van der Waals surface area contributed by atoms with E-state index in [1.807, 2.05) is 18.2 Å². The van der Waals surface area contributed by atoms with Crippen molar-refractivity contribution in [3.63, 3.8) is 0 Å². The van der Waals surface area contributed by atoms with E-state index in [4.69, 9.17) is 0 Å². The molecule has 0 amide bonds. The van der Waals surface area contributed by atoms with Crippen molar-refractivity contribution in [2.75, 3.05) is 0 Å². The van der Waals surface area contributed by atoms with Crippen LogP contribution in [0.5, 0.6) is 0 Å². The molecule has 0 saturated heterocycles. The predicted octanol–water partition coefficient (Wildman–Crippen LogP) is 1.76. The van der Waals surface area contributed by atoms with Gasteiger partial charge in [0.1, 0.15) is 4.47 Å². The fourth-order valence-electron chi connectivity index (χ4n) is 1.33. The molecule has 16 heavy (non-hydrogen) atoms. The number of hydrogen-bond donors (Lipinski definition) is 0. The van der Waals surface area contributed by atoms with E-state index < -0.39 is 0 Å². The first kappa shape index (κ1) is 11.0. The molecular formula is C11H10BrN3O. The Morgan fingerprint density at radius 3 is 2.88 bits per heavy atom. The standard InChI is InChI=1S/C11H10BrN3O/c1-8-10(12)11(16)15(7-14-8)6-9-4-2-3-5-13-9/h2-5,7H,6H2,1H3. The highest BCUT2D eigenvalue weighted by Gasteiger charge is 2.05. The summed E-state index contributed by atoms with van der Waals surface area (Å²) in [5.74, 6) is 0.